The zero-order chi connectivity index (χ0) is 16.5. The first-order chi connectivity index (χ1) is 10.2. The summed E-state index contributed by atoms with van der Waals surface area (Å²) in [7, 11) is -1.25. The molecule has 0 fully saturated rings. The highest BCUT2D eigenvalue weighted by atomic mass is 32.2. The summed E-state index contributed by atoms with van der Waals surface area (Å²) in [6, 6.07) is 6.82. The molecule has 2 rings (SSSR count). The van der Waals surface area contributed by atoms with Crippen molar-refractivity contribution in [3.8, 4) is 0 Å². The molecule has 8 heteroatoms. The molecule has 0 aromatic heterocycles. The molecule has 1 heterocycles. The van der Waals surface area contributed by atoms with Crippen LogP contribution in [0.1, 0.15) is 11.1 Å². The van der Waals surface area contributed by atoms with Gasteiger partial charge in [-0.25, -0.2) is 22.5 Å². The molecule has 0 bridgehead atoms. The molecule has 1 atom stereocenters. The standard InChI is InChI=1S/C14H18N3O4S/c1-10-4-6-11(7-5-10)8-15-22(20,21)12-9-16(2)14(19)17(3)13(12)18/h4-7,9,12,15H,8H2,1-3H3/q+1. The van der Waals surface area contributed by atoms with Crippen LogP contribution in [0.3, 0.4) is 0 Å². The monoisotopic (exact) mass is 324 g/mol. The fourth-order valence-corrected chi connectivity index (χ4v) is 3.36. The lowest BCUT2D eigenvalue weighted by molar-refractivity contribution is -0.399. The van der Waals surface area contributed by atoms with Crippen molar-refractivity contribution >= 4 is 28.2 Å². The summed E-state index contributed by atoms with van der Waals surface area (Å²) in [6.07, 6.45) is 1.11. The first kappa shape index (κ1) is 16.3. The summed E-state index contributed by atoms with van der Waals surface area (Å²) >= 11 is 0. The zero-order valence-electron chi connectivity index (χ0n) is 12.6. The van der Waals surface area contributed by atoms with Crippen LogP contribution >= 0.6 is 0 Å². The van der Waals surface area contributed by atoms with Gasteiger partial charge in [0.25, 0.3) is 0 Å². The van der Waals surface area contributed by atoms with Crippen LogP contribution in [0.25, 0.3) is 0 Å². The van der Waals surface area contributed by atoms with Crippen LogP contribution in [0.2, 0.25) is 0 Å². The van der Waals surface area contributed by atoms with E-state index in [2.05, 4.69) is 4.72 Å². The average molecular weight is 324 g/mol. The van der Waals surface area contributed by atoms with E-state index in [9.17, 15) is 18.0 Å². The number of rotatable bonds is 4. The van der Waals surface area contributed by atoms with Gasteiger partial charge in [0.05, 0.1) is 14.1 Å². The van der Waals surface area contributed by atoms with Gasteiger partial charge in [-0.2, -0.15) is 9.69 Å². The number of hydrogen-bond donors (Lipinski definition) is 1. The molecule has 0 aliphatic carbocycles. The van der Waals surface area contributed by atoms with E-state index in [4.69, 9.17) is 0 Å². The summed E-state index contributed by atoms with van der Waals surface area (Å²) in [5, 5.41) is -1.41. The van der Waals surface area contributed by atoms with Crippen molar-refractivity contribution in [2.45, 2.75) is 18.7 Å². The third-order valence-electron chi connectivity index (χ3n) is 3.45. The highest BCUT2D eigenvalue weighted by Crippen LogP contribution is 2.09. The lowest BCUT2D eigenvalue weighted by Gasteiger charge is -2.19. The van der Waals surface area contributed by atoms with Crippen LogP contribution in [0.5, 0.6) is 0 Å². The molecule has 22 heavy (non-hydrogen) atoms. The first-order valence-electron chi connectivity index (χ1n) is 6.66. The van der Waals surface area contributed by atoms with E-state index in [1.807, 2.05) is 31.2 Å². The number of hydrogen-bond acceptors (Lipinski definition) is 4. The predicted molar refractivity (Wildman–Crippen MR) is 81.1 cm³/mol. The van der Waals surface area contributed by atoms with Crippen LogP contribution in [0.15, 0.2) is 24.3 Å². The number of nitrogens with zero attached hydrogens (tertiary/aromatic N) is 2. The van der Waals surface area contributed by atoms with Gasteiger partial charge in [-0.05, 0) is 12.5 Å². The van der Waals surface area contributed by atoms with Crippen LogP contribution < -0.4 is 4.72 Å². The molecule has 1 aromatic carbocycles. The minimum atomic E-state index is -3.92. The number of benzene rings is 1. The maximum Gasteiger partial charge on any atom is 0.500 e. The molecule has 0 saturated carbocycles. The Balaban J connectivity index is 2.18. The summed E-state index contributed by atoms with van der Waals surface area (Å²) in [4.78, 5) is 24.4. The van der Waals surface area contributed by atoms with Gasteiger partial charge in [0, 0.05) is 6.54 Å². The average Bonchev–Trinajstić information content (AvgIpc) is 2.48. The van der Waals surface area contributed by atoms with Gasteiger partial charge in [-0.1, -0.05) is 29.8 Å². The Morgan fingerprint density at radius 3 is 2.41 bits per heavy atom. The number of imide groups is 1. The van der Waals surface area contributed by atoms with Gasteiger partial charge in [0.2, 0.25) is 15.3 Å². The maximum absolute atomic E-state index is 12.3. The second-order valence-electron chi connectivity index (χ2n) is 5.21. The normalized spacial score (nSPS) is 19.3. The Morgan fingerprint density at radius 2 is 1.82 bits per heavy atom. The quantitative estimate of drug-likeness (QED) is 0.795. The van der Waals surface area contributed by atoms with Gasteiger partial charge in [0.15, 0.2) is 0 Å². The SMILES string of the molecule is Cc1ccc(CNS(=O)(=O)C2C=[N+](C)C(=O)N(C)C2=O)cc1. The fourth-order valence-electron chi connectivity index (χ4n) is 2.04. The molecule has 1 aliphatic rings. The second-order valence-corrected chi connectivity index (χ2v) is 7.10. The summed E-state index contributed by atoms with van der Waals surface area (Å²) in [6.45, 7) is 2.02. The van der Waals surface area contributed by atoms with Crippen molar-refractivity contribution in [3.05, 3.63) is 35.4 Å². The minimum absolute atomic E-state index is 0.0849. The third-order valence-corrected chi connectivity index (χ3v) is 4.99. The van der Waals surface area contributed by atoms with Crippen LogP contribution in [-0.4, -0.2) is 55.4 Å². The van der Waals surface area contributed by atoms with E-state index < -0.39 is 27.2 Å². The van der Waals surface area contributed by atoms with Gasteiger partial charge in [-0.15, -0.1) is 0 Å². The summed E-state index contributed by atoms with van der Waals surface area (Å²) < 4.78 is 28.1. The Bertz CT molecular complexity index is 738. The van der Waals surface area contributed by atoms with E-state index in [-0.39, 0.29) is 6.54 Å². The Morgan fingerprint density at radius 1 is 1.23 bits per heavy atom. The molecule has 3 amide bonds. The van der Waals surface area contributed by atoms with Crippen molar-refractivity contribution in [2.75, 3.05) is 14.1 Å². The fraction of sp³-hybridized carbons (Fsp3) is 0.357. The molecule has 1 aromatic rings. The Kier molecular flexibility index (Phi) is 4.43. The maximum atomic E-state index is 12.3. The summed E-state index contributed by atoms with van der Waals surface area (Å²) in [5.41, 5.74) is 1.86. The van der Waals surface area contributed by atoms with Gasteiger partial charge in [-0.3, -0.25) is 0 Å². The smallest absolute Gasteiger partial charge is 0.245 e. The van der Waals surface area contributed by atoms with Crippen molar-refractivity contribution < 1.29 is 22.6 Å². The zero-order valence-corrected chi connectivity index (χ0v) is 13.4. The first-order valence-corrected chi connectivity index (χ1v) is 8.20. The summed E-state index contributed by atoms with van der Waals surface area (Å²) in [5.74, 6) is -0.764. The number of carbonyl (C=O) groups excluding carboxylic acids is 2. The number of urea groups is 1. The molecular formula is C14H18N3O4S+. The molecule has 118 valence electrons. The molecule has 0 spiro atoms. The minimum Gasteiger partial charge on any atom is -0.245 e. The van der Waals surface area contributed by atoms with Crippen molar-refractivity contribution in [2.24, 2.45) is 0 Å². The largest absolute Gasteiger partial charge is 0.500 e. The van der Waals surface area contributed by atoms with E-state index in [0.717, 1.165) is 26.8 Å². The molecule has 1 N–H and O–H groups in total. The molecule has 7 nitrogen and oxygen atoms in total. The molecule has 0 radical (unpaired) electrons. The topological polar surface area (TPSA) is 86.6 Å². The van der Waals surface area contributed by atoms with Crippen LogP contribution in [-0.2, 0) is 21.4 Å². The predicted octanol–water partition coefficient (Wildman–Crippen LogP) is 0.0881. The van der Waals surface area contributed by atoms with E-state index in [1.54, 1.807) is 0 Å². The third kappa shape index (κ3) is 3.23. The number of nitrogens with one attached hydrogen (secondary N) is 1. The Labute approximate surface area is 129 Å². The molecule has 0 saturated heterocycles. The highest BCUT2D eigenvalue weighted by molar-refractivity contribution is 7.91. The van der Waals surface area contributed by atoms with Crippen molar-refractivity contribution in [1.82, 2.24) is 9.62 Å². The van der Waals surface area contributed by atoms with E-state index in [0.29, 0.717) is 0 Å². The number of aryl methyl sites for hydroxylation is 1. The van der Waals surface area contributed by atoms with Crippen LogP contribution in [0, 0.1) is 6.92 Å². The highest BCUT2D eigenvalue weighted by Gasteiger charge is 2.45. The lowest BCUT2D eigenvalue weighted by Crippen LogP contribution is -2.55. The van der Waals surface area contributed by atoms with E-state index >= 15 is 0 Å². The van der Waals surface area contributed by atoms with Gasteiger partial charge in [0.1, 0.15) is 6.21 Å². The van der Waals surface area contributed by atoms with Gasteiger partial charge >= 0.3 is 11.9 Å². The van der Waals surface area contributed by atoms with E-state index in [1.165, 1.54) is 14.1 Å². The molecule has 1 aliphatic heterocycles. The number of carbonyl (C=O) groups is 2. The van der Waals surface area contributed by atoms with Crippen molar-refractivity contribution in [3.63, 3.8) is 0 Å². The van der Waals surface area contributed by atoms with Crippen LogP contribution in [0.4, 0.5) is 4.79 Å². The number of amides is 3. The van der Waals surface area contributed by atoms with Crippen molar-refractivity contribution in [1.29, 1.82) is 0 Å². The van der Waals surface area contributed by atoms with Gasteiger partial charge < -0.3 is 0 Å². The molecule has 1 unspecified atom stereocenters. The second kappa shape index (κ2) is 5.98. The Hall–Kier alpha value is -2.06. The number of sulfonamides is 1. The molecular weight excluding hydrogens is 306 g/mol. The lowest BCUT2D eigenvalue weighted by atomic mass is 10.2.